The maximum atomic E-state index is 6.06. The van der Waals surface area contributed by atoms with Gasteiger partial charge in [0, 0.05) is 43.8 Å². The number of ether oxygens (including phenoxy) is 1. The number of anilines is 1. The van der Waals surface area contributed by atoms with Crippen molar-refractivity contribution in [3.63, 3.8) is 0 Å². The van der Waals surface area contributed by atoms with Crippen LogP contribution in [0.3, 0.4) is 0 Å². The van der Waals surface area contributed by atoms with Crippen LogP contribution in [0, 0.1) is 0 Å². The van der Waals surface area contributed by atoms with Crippen LogP contribution in [0.15, 0.2) is 48.8 Å². The summed E-state index contributed by atoms with van der Waals surface area (Å²) in [7, 11) is 0. The highest BCUT2D eigenvalue weighted by molar-refractivity contribution is 5.85. The highest BCUT2D eigenvalue weighted by atomic mass is 35.5. The Balaban J connectivity index is 0.00000121. The summed E-state index contributed by atoms with van der Waals surface area (Å²) in [5, 5.41) is 3.67. The van der Waals surface area contributed by atoms with Crippen molar-refractivity contribution < 1.29 is 4.74 Å². The second-order valence-corrected chi connectivity index (χ2v) is 6.69. The Labute approximate surface area is 168 Å². The molecule has 2 unspecified atom stereocenters. The predicted molar refractivity (Wildman–Crippen MR) is 111 cm³/mol. The molecule has 0 amide bonds. The lowest BCUT2D eigenvalue weighted by molar-refractivity contribution is 0.0333. The third kappa shape index (κ3) is 4.89. The van der Waals surface area contributed by atoms with Crippen molar-refractivity contribution in [2.75, 3.05) is 31.1 Å². The van der Waals surface area contributed by atoms with Gasteiger partial charge in [0.05, 0.1) is 12.7 Å². The highest BCUT2D eigenvalue weighted by Gasteiger charge is 2.24. The summed E-state index contributed by atoms with van der Waals surface area (Å²) >= 11 is 0. The predicted octanol–water partition coefficient (Wildman–Crippen LogP) is 3.80. The molecule has 0 radical (unpaired) electrons. The second-order valence-electron chi connectivity index (χ2n) is 6.69. The zero-order valence-corrected chi connectivity index (χ0v) is 16.5. The molecule has 26 heavy (non-hydrogen) atoms. The van der Waals surface area contributed by atoms with E-state index in [-0.39, 0.29) is 30.9 Å². The van der Waals surface area contributed by atoms with E-state index >= 15 is 0 Å². The van der Waals surface area contributed by atoms with Crippen LogP contribution < -0.4 is 10.2 Å². The van der Waals surface area contributed by atoms with Crippen LogP contribution in [0.1, 0.15) is 30.1 Å². The molecule has 1 saturated heterocycles. The Hall–Kier alpha value is -1.33. The van der Waals surface area contributed by atoms with E-state index in [1.54, 1.807) is 0 Å². The van der Waals surface area contributed by atoms with Crippen molar-refractivity contribution in [2.45, 2.75) is 31.4 Å². The highest BCUT2D eigenvalue weighted by Crippen LogP contribution is 2.31. The molecular formula is C20H27Cl2N3O. The van der Waals surface area contributed by atoms with Crippen molar-refractivity contribution in [3.05, 3.63) is 59.9 Å². The van der Waals surface area contributed by atoms with Crippen molar-refractivity contribution in [1.82, 2.24) is 10.3 Å². The fraction of sp³-hybridized carbons (Fsp3) is 0.450. The van der Waals surface area contributed by atoms with Crippen molar-refractivity contribution in [2.24, 2.45) is 0 Å². The van der Waals surface area contributed by atoms with Gasteiger partial charge in [-0.2, -0.15) is 0 Å². The fourth-order valence-corrected chi connectivity index (χ4v) is 3.88. The lowest BCUT2D eigenvalue weighted by Gasteiger charge is -2.36. The minimum atomic E-state index is 0. The number of hydrogen-bond acceptors (Lipinski definition) is 4. The molecule has 2 atom stereocenters. The zero-order valence-electron chi connectivity index (χ0n) is 14.8. The lowest BCUT2D eigenvalue weighted by atomic mass is 9.93. The smallest absolute Gasteiger partial charge is 0.0828 e. The Morgan fingerprint density at radius 1 is 1.08 bits per heavy atom. The Kier molecular flexibility index (Phi) is 8.16. The molecule has 1 fully saturated rings. The summed E-state index contributed by atoms with van der Waals surface area (Å²) in [4.78, 5) is 6.58. The maximum absolute atomic E-state index is 6.06. The third-order valence-electron chi connectivity index (χ3n) is 5.15. The molecule has 2 aromatic rings. The van der Waals surface area contributed by atoms with Crippen molar-refractivity contribution >= 4 is 30.5 Å². The van der Waals surface area contributed by atoms with Gasteiger partial charge in [0.15, 0.2) is 0 Å². The molecule has 0 bridgehead atoms. The van der Waals surface area contributed by atoms with Gasteiger partial charge in [-0.15, -0.1) is 24.8 Å². The van der Waals surface area contributed by atoms with Crippen LogP contribution in [0.25, 0.3) is 0 Å². The molecule has 4 nitrogen and oxygen atoms in total. The molecule has 142 valence electrons. The van der Waals surface area contributed by atoms with Gasteiger partial charge in [-0.3, -0.25) is 4.98 Å². The van der Waals surface area contributed by atoms with E-state index in [0.29, 0.717) is 6.04 Å². The minimum Gasteiger partial charge on any atom is -0.373 e. The quantitative estimate of drug-likeness (QED) is 0.853. The van der Waals surface area contributed by atoms with E-state index < -0.39 is 0 Å². The van der Waals surface area contributed by atoms with Gasteiger partial charge in [0.1, 0.15) is 0 Å². The summed E-state index contributed by atoms with van der Waals surface area (Å²) in [6.45, 7) is 4.00. The molecule has 2 aliphatic heterocycles. The topological polar surface area (TPSA) is 37.4 Å². The Morgan fingerprint density at radius 2 is 1.88 bits per heavy atom. The van der Waals surface area contributed by atoms with Gasteiger partial charge in [0.2, 0.25) is 0 Å². The monoisotopic (exact) mass is 395 g/mol. The molecule has 1 aromatic heterocycles. The second kappa shape index (κ2) is 10.1. The first-order valence-corrected chi connectivity index (χ1v) is 8.98. The molecule has 2 aliphatic rings. The summed E-state index contributed by atoms with van der Waals surface area (Å²) < 4.78 is 6.06. The number of nitrogens with zero attached hydrogens (tertiary/aromatic N) is 2. The van der Waals surface area contributed by atoms with E-state index in [0.717, 1.165) is 45.5 Å². The number of piperazine rings is 1. The number of rotatable bonds is 4. The summed E-state index contributed by atoms with van der Waals surface area (Å²) in [6.07, 6.45) is 7.27. The maximum Gasteiger partial charge on any atom is 0.0828 e. The van der Waals surface area contributed by atoms with Crippen LogP contribution in [0.4, 0.5) is 5.69 Å². The number of fused-ring (bicyclic) bond motifs is 1. The average molecular weight is 396 g/mol. The molecule has 3 heterocycles. The molecule has 4 rings (SSSR count). The number of hydrogen-bond donors (Lipinski definition) is 1. The first kappa shape index (κ1) is 21.0. The minimum absolute atomic E-state index is 0. The Morgan fingerprint density at radius 3 is 2.73 bits per heavy atom. The van der Waals surface area contributed by atoms with Crippen molar-refractivity contribution in [1.29, 1.82) is 0 Å². The van der Waals surface area contributed by atoms with Gasteiger partial charge in [-0.1, -0.05) is 24.3 Å². The average Bonchev–Trinajstić information content (AvgIpc) is 2.67. The van der Waals surface area contributed by atoms with Crippen LogP contribution in [-0.4, -0.2) is 37.3 Å². The molecule has 1 N–H and O–H groups in total. The van der Waals surface area contributed by atoms with E-state index in [9.17, 15) is 0 Å². The van der Waals surface area contributed by atoms with Gasteiger partial charge >= 0.3 is 0 Å². The van der Waals surface area contributed by atoms with Crippen molar-refractivity contribution in [3.8, 4) is 0 Å². The van der Waals surface area contributed by atoms with Crippen LogP contribution in [0.5, 0.6) is 0 Å². The summed E-state index contributed by atoms with van der Waals surface area (Å²) in [5.74, 6) is 0. The van der Waals surface area contributed by atoms with Gasteiger partial charge < -0.3 is 15.0 Å². The van der Waals surface area contributed by atoms with E-state index in [2.05, 4.69) is 51.6 Å². The fourth-order valence-electron chi connectivity index (χ4n) is 3.88. The van der Waals surface area contributed by atoms with Gasteiger partial charge in [-0.25, -0.2) is 0 Å². The first-order valence-electron chi connectivity index (χ1n) is 8.98. The largest absolute Gasteiger partial charge is 0.373 e. The van der Waals surface area contributed by atoms with Gasteiger partial charge in [-0.05, 0) is 42.5 Å². The van der Waals surface area contributed by atoms with Gasteiger partial charge in [0.25, 0.3) is 0 Å². The zero-order chi connectivity index (χ0) is 16.2. The molecular weight excluding hydrogens is 369 g/mol. The summed E-state index contributed by atoms with van der Waals surface area (Å²) in [6, 6.07) is 13.5. The third-order valence-corrected chi connectivity index (χ3v) is 5.15. The molecule has 0 spiro atoms. The number of pyridine rings is 1. The molecule has 0 saturated carbocycles. The number of aromatic nitrogens is 1. The first-order chi connectivity index (χ1) is 11.9. The van der Waals surface area contributed by atoms with Crippen LogP contribution >= 0.6 is 24.8 Å². The normalized spacial score (nSPS) is 21.9. The number of benzene rings is 1. The number of nitrogens with one attached hydrogen (secondary N) is 1. The SMILES string of the molecule is Cl.Cl.c1ccc2c(c1)CCOC2CCC1CN(c2ccncc2)CCN1. The van der Waals surface area contributed by atoms with E-state index in [1.807, 2.05) is 12.4 Å². The lowest BCUT2D eigenvalue weighted by Crippen LogP contribution is -2.50. The molecule has 1 aromatic carbocycles. The summed E-state index contributed by atoms with van der Waals surface area (Å²) in [5.41, 5.74) is 4.13. The van der Waals surface area contributed by atoms with Crippen LogP contribution in [0.2, 0.25) is 0 Å². The number of halogens is 2. The van der Waals surface area contributed by atoms with Crippen LogP contribution in [-0.2, 0) is 11.2 Å². The Bertz CT molecular complexity index is 671. The van der Waals surface area contributed by atoms with E-state index in [1.165, 1.54) is 16.8 Å². The molecule has 6 heteroatoms. The molecule has 0 aliphatic carbocycles. The standard InChI is InChI=1S/C20H25N3O.2ClH/c1-2-4-19-16(3-1)9-14-24-20(19)6-5-17-15-23(13-12-22-17)18-7-10-21-11-8-18;;/h1-4,7-8,10-11,17,20,22H,5-6,9,12-15H2;2*1H. The van der Waals surface area contributed by atoms with E-state index in [4.69, 9.17) is 4.74 Å².